The Kier molecular flexibility index (Phi) is 3.74. The number of nitrogens with one attached hydrogen (secondary N) is 1. The van der Waals surface area contributed by atoms with E-state index in [1.165, 1.54) is 11.4 Å². The SMILES string of the molecule is CN(CC1(O)CCOCC1)S(=O)(=O)NC1CC1. The molecule has 2 N–H and O–H groups in total. The summed E-state index contributed by atoms with van der Waals surface area (Å²) in [6, 6.07) is 0.0896. The quantitative estimate of drug-likeness (QED) is 0.699. The second-order valence-corrected chi connectivity index (χ2v) is 6.80. The maximum Gasteiger partial charge on any atom is 0.279 e. The predicted octanol–water partition coefficient (Wildman–Crippen LogP) is -0.543. The molecule has 2 aliphatic rings. The molecular formula is C10H20N2O4S. The van der Waals surface area contributed by atoms with Gasteiger partial charge in [0.15, 0.2) is 0 Å². The minimum absolute atomic E-state index is 0.0896. The summed E-state index contributed by atoms with van der Waals surface area (Å²) in [6.45, 7) is 1.10. The molecule has 7 heteroatoms. The Balaban J connectivity index is 1.92. The topological polar surface area (TPSA) is 78.9 Å². The van der Waals surface area contributed by atoms with Crippen molar-refractivity contribution in [1.29, 1.82) is 0 Å². The summed E-state index contributed by atoms with van der Waals surface area (Å²) in [6.07, 6.45) is 2.78. The van der Waals surface area contributed by atoms with E-state index in [-0.39, 0.29) is 12.6 Å². The molecule has 100 valence electrons. The molecule has 2 fully saturated rings. The zero-order valence-electron chi connectivity index (χ0n) is 10.1. The van der Waals surface area contributed by atoms with Crippen LogP contribution in [0.15, 0.2) is 0 Å². The summed E-state index contributed by atoms with van der Waals surface area (Å²) in [7, 11) is -1.95. The Hall–Kier alpha value is -0.210. The highest BCUT2D eigenvalue weighted by molar-refractivity contribution is 7.87. The molecule has 0 spiro atoms. The number of aliphatic hydroxyl groups is 1. The van der Waals surface area contributed by atoms with E-state index < -0.39 is 15.8 Å². The van der Waals surface area contributed by atoms with Gasteiger partial charge in [-0.05, 0) is 12.8 Å². The zero-order chi connectivity index (χ0) is 12.5. The highest BCUT2D eigenvalue weighted by atomic mass is 32.2. The fourth-order valence-electron chi connectivity index (χ4n) is 1.91. The van der Waals surface area contributed by atoms with E-state index in [0.717, 1.165) is 12.8 Å². The Morgan fingerprint density at radius 2 is 2.00 bits per heavy atom. The molecule has 0 atom stereocenters. The Labute approximate surface area is 102 Å². The number of nitrogens with zero attached hydrogens (tertiary/aromatic N) is 1. The molecule has 17 heavy (non-hydrogen) atoms. The van der Waals surface area contributed by atoms with Gasteiger partial charge in [-0.2, -0.15) is 17.4 Å². The summed E-state index contributed by atoms with van der Waals surface area (Å²) in [4.78, 5) is 0. The van der Waals surface area contributed by atoms with E-state index in [4.69, 9.17) is 4.74 Å². The predicted molar refractivity (Wildman–Crippen MR) is 62.7 cm³/mol. The molecule has 0 radical (unpaired) electrons. The molecule has 0 aromatic carbocycles. The lowest BCUT2D eigenvalue weighted by Crippen LogP contribution is -2.50. The van der Waals surface area contributed by atoms with Crippen LogP contribution in [-0.2, 0) is 14.9 Å². The summed E-state index contributed by atoms with van der Waals surface area (Å²) < 4.78 is 32.7. The third-order valence-electron chi connectivity index (χ3n) is 3.24. The molecule has 1 aliphatic heterocycles. The number of hydrogen-bond donors (Lipinski definition) is 2. The first kappa shape index (κ1) is 13.2. The van der Waals surface area contributed by atoms with Crippen LogP contribution in [0.25, 0.3) is 0 Å². The second kappa shape index (κ2) is 4.81. The van der Waals surface area contributed by atoms with Crippen LogP contribution in [0, 0.1) is 0 Å². The smallest absolute Gasteiger partial charge is 0.279 e. The lowest BCUT2D eigenvalue weighted by atomic mass is 9.95. The van der Waals surface area contributed by atoms with E-state index in [0.29, 0.717) is 26.1 Å². The van der Waals surface area contributed by atoms with Crippen LogP contribution in [0.2, 0.25) is 0 Å². The molecule has 1 saturated carbocycles. The summed E-state index contributed by atoms with van der Waals surface area (Å²) >= 11 is 0. The molecule has 1 heterocycles. The maximum atomic E-state index is 11.9. The first-order valence-corrected chi connectivity index (χ1v) is 7.39. The van der Waals surface area contributed by atoms with Gasteiger partial charge < -0.3 is 9.84 Å². The highest BCUT2D eigenvalue weighted by Gasteiger charge is 2.36. The van der Waals surface area contributed by atoms with Gasteiger partial charge in [0.1, 0.15) is 0 Å². The van der Waals surface area contributed by atoms with E-state index >= 15 is 0 Å². The standard InChI is InChI=1S/C10H20N2O4S/c1-12(17(14,15)11-9-2-3-9)8-10(13)4-6-16-7-5-10/h9,11,13H,2-8H2,1H3. The van der Waals surface area contributed by atoms with E-state index in [9.17, 15) is 13.5 Å². The molecule has 0 aromatic heterocycles. The third kappa shape index (κ3) is 3.62. The van der Waals surface area contributed by atoms with Gasteiger partial charge in [0.2, 0.25) is 0 Å². The third-order valence-corrected chi connectivity index (χ3v) is 4.82. The van der Waals surface area contributed by atoms with Crippen LogP contribution in [0.1, 0.15) is 25.7 Å². The fraction of sp³-hybridized carbons (Fsp3) is 1.00. The van der Waals surface area contributed by atoms with Crippen molar-refractivity contribution in [1.82, 2.24) is 9.03 Å². The van der Waals surface area contributed by atoms with Crippen molar-refractivity contribution < 1.29 is 18.3 Å². The molecule has 2 rings (SSSR count). The van der Waals surface area contributed by atoms with Gasteiger partial charge in [-0.3, -0.25) is 0 Å². The van der Waals surface area contributed by atoms with Crippen LogP contribution in [0.4, 0.5) is 0 Å². The summed E-state index contributed by atoms with van der Waals surface area (Å²) in [5.74, 6) is 0. The Morgan fingerprint density at radius 3 is 2.53 bits per heavy atom. The van der Waals surface area contributed by atoms with Gasteiger partial charge in [-0.15, -0.1) is 0 Å². The Bertz CT molecular complexity index is 361. The molecule has 0 bridgehead atoms. The first-order valence-electron chi connectivity index (χ1n) is 5.95. The minimum Gasteiger partial charge on any atom is -0.388 e. The lowest BCUT2D eigenvalue weighted by molar-refractivity contribution is -0.0690. The first-order chi connectivity index (χ1) is 7.91. The molecular weight excluding hydrogens is 244 g/mol. The Morgan fingerprint density at radius 1 is 1.41 bits per heavy atom. The molecule has 1 aliphatic carbocycles. The van der Waals surface area contributed by atoms with Gasteiger partial charge >= 0.3 is 0 Å². The van der Waals surface area contributed by atoms with Gasteiger partial charge in [0.05, 0.1) is 5.60 Å². The van der Waals surface area contributed by atoms with Gasteiger partial charge in [0, 0.05) is 45.7 Å². The fourth-order valence-corrected chi connectivity index (χ4v) is 3.16. The van der Waals surface area contributed by atoms with Gasteiger partial charge in [-0.1, -0.05) is 0 Å². The van der Waals surface area contributed by atoms with Gasteiger partial charge in [-0.25, -0.2) is 0 Å². The highest BCUT2D eigenvalue weighted by Crippen LogP contribution is 2.24. The van der Waals surface area contributed by atoms with Crippen molar-refractivity contribution in [3.63, 3.8) is 0 Å². The van der Waals surface area contributed by atoms with Crippen LogP contribution >= 0.6 is 0 Å². The van der Waals surface area contributed by atoms with E-state index in [1.807, 2.05) is 0 Å². The number of hydrogen-bond acceptors (Lipinski definition) is 4. The van der Waals surface area contributed by atoms with Crippen molar-refractivity contribution >= 4 is 10.2 Å². The molecule has 0 unspecified atom stereocenters. The molecule has 0 amide bonds. The lowest BCUT2D eigenvalue weighted by Gasteiger charge is -2.34. The van der Waals surface area contributed by atoms with Crippen molar-refractivity contribution in [3.05, 3.63) is 0 Å². The maximum absolute atomic E-state index is 11.9. The monoisotopic (exact) mass is 264 g/mol. The van der Waals surface area contributed by atoms with Crippen LogP contribution in [0.3, 0.4) is 0 Å². The van der Waals surface area contributed by atoms with E-state index in [1.54, 1.807) is 0 Å². The van der Waals surface area contributed by atoms with Crippen molar-refractivity contribution in [2.24, 2.45) is 0 Å². The normalized spacial score (nSPS) is 25.1. The average Bonchev–Trinajstić information content (AvgIpc) is 3.01. The van der Waals surface area contributed by atoms with Crippen molar-refractivity contribution in [3.8, 4) is 0 Å². The number of rotatable bonds is 5. The average molecular weight is 264 g/mol. The van der Waals surface area contributed by atoms with Crippen LogP contribution < -0.4 is 4.72 Å². The molecule has 6 nitrogen and oxygen atoms in total. The minimum atomic E-state index is -3.45. The number of likely N-dealkylation sites (N-methyl/N-ethyl adjacent to an activating group) is 1. The van der Waals surface area contributed by atoms with Crippen molar-refractivity contribution in [2.75, 3.05) is 26.8 Å². The molecule has 1 saturated heterocycles. The van der Waals surface area contributed by atoms with Crippen molar-refractivity contribution in [2.45, 2.75) is 37.3 Å². The zero-order valence-corrected chi connectivity index (χ0v) is 10.9. The van der Waals surface area contributed by atoms with Crippen LogP contribution in [-0.4, -0.2) is 56.3 Å². The van der Waals surface area contributed by atoms with E-state index in [2.05, 4.69) is 4.72 Å². The van der Waals surface area contributed by atoms with Gasteiger partial charge in [0.25, 0.3) is 10.2 Å². The van der Waals surface area contributed by atoms with Crippen LogP contribution in [0.5, 0.6) is 0 Å². The largest absolute Gasteiger partial charge is 0.388 e. The summed E-state index contributed by atoms with van der Waals surface area (Å²) in [5.41, 5.74) is -0.953. The summed E-state index contributed by atoms with van der Waals surface area (Å²) in [5, 5.41) is 10.2. The number of ether oxygens (including phenoxy) is 1. The second-order valence-electron chi connectivity index (χ2n) is 4.99. The molecule has 0 aromatic rings.